The van der Waals surface area contributed by atoms with Crippen molar-refractivity contribution in [3.63, 3.8) is 0 Å². The molecule has 150 valence electrons. The molecule has 10 heteroatoms. The van der Waals surface area contributed by atoms with Crippen LogP contribution in [0.25, 0.3) is 0 Å². The van der Waals surface area contributed by atoms with Gasteiger partial charge in [-0.15, -0.1) is 0 Å². The van der Waals surface area contributed by atoms with Gasteiger partial charge in [-0.05, 0) is 52.4 Å². The Hall–Kier alpha value is -2.20. The fourth-order valence-electron chi connectivity index (χ4n) is 2.14. The minimum absolute atomic E-state index is 0.291. The van der Waals surface area contributed by atoms with Gasteiger partial charge in [0.15, 0.2) is 0 Å². The van der Waals surface area contributed by atoms with Crippen LogP contribution < -0.4 is 22.3 Å². The Bertz CT molecular complexity index is 491. The molecule has 0 bridgehead atoms. The summed E-state index contributed by atoms with van der Waals surface area (Å²) in [5.41, 5.74) is 13.2. The lowest BCUT2D eigenvalue weighted by Gasteiger charge is -2.17. The van der Waals surface area contributed by atoms with Crippen molar-refractivity contribution in [1.29, 1.82) is 0 Å². The van der Waals surface area contributed by atoms with Crippen LogP contribution in [-0.2, 0) is 9.59 Å². The van der Waals surface area contributed by atoms with E-state index in [-0.39, 0.29) is 0 Å². The van der Waals surface area contributed by atoms with Gasteiger partial charge in [-0.3, -0.25) is 25.5 Å². The van der Waals surface area contributed by atoms with Crippen LogP contribution in [0.15, 0.2) is 9.98 Å². The molecule has 0 saturated heterocycles. The zero-order valence-corrected chi connectivity index (χ0v) is 15.6. The molecule has 0 spiro atoms. The zero-order valence-electron chi connectivity index (χ0n) is 15.6. The molecule has 2 atom stereocenters. The number of rotatable bonds is 13. The number of carboxylic acid groups (broad SMARTS) is 1. The van der Waals surface area contributed by atoms with Crippen molar-refractivity contribution in [2.75, 3.05) is 13.1 Å². The Morgan fingerprint density at radius 2 is 1.62 bits per heavy atom. The predicted octanol–water partition coefficient (Wildman–Crippen LogP) is -0.00200. The van der Waals surface area contributed by atoms with Crippen LogP contribution in [-0.4, -0.2) is 59.0 Å². The van der Waals surface area contributed by atoms with Gasteiger partial charge in [-0.1, -0.05) is 0 Å². The summed E-state index contributed by atoms with van der Waals surface area (Å²) in [5, 5.41) is 20.3. The molecule has 0 aliphatic carbocycles. The van der Waals surface area contributed by atoms with Gasteiger partial charge in [0, 0.05) is 13.1 Å². The highest BCUT2D eigenvalue weighted by Crippen LogP contribution is 2.05. The van der Waals surface area contributed by atoms with Crippen molar-refractivity contribution in [3.8, 4) is 0 Å². The van der Waals surface area contributed by atoms with Gasteiger partial charge in [-0.2, -0.15) is 0 Å². The second-order valence-electron chi connectivity index (χ2n) is 6.10. The second-order valence-corrected chi connectivity index (χ2v) is 6.10. The van der Waals surface area contributed by atoms with Crippen molar-refractivity contribution >= 4 is 23.5 Å². The first-order valence-corrected chi connectivity index (χ1v) is 8.74. The Morgan fingerprint density at radius 3 is 2.15 bits per heavy atom. The fraction of sp³-hybridized carbons (Fsp3) is 0.750. The Balaban J connectivity index is 4.16. The standard InChI is InChI=1S/C16H32N6O4/c1-11(17)19-9-5-3-7-13(18)15(23)21-14(16(24)25)8-4-6-10-20-12(2)22-26/h13-14,26H,3-10,18H2,1-2H3,(H2,17,19)(H,20,22)(H,21,23)(H,24,25)/t13-,14-/m0/s1. The summed E-state index contributed by atoms with van der Waals surface area (Å²) in [6, 6.07) is -1.72. The average molecular weight is 372 g/mol. The number of nitrogens with one attached hydrogen (secondary N) is 2. The molecule has 0 aromatic heterocycles. The van der Waals surface area contributed by atoms with E-state index in [1.807, 2.05) is 5.48 Å². The number of aliphatic imine (C=N–C) groups is 2. The predicted molar refractivity (Wildman–Crippen MR) is 100 cm³/mol. The first-order valence-electron chi connectivity index (χ1n) is 8.74. The molecule has 0 aliphatic heterocycles. The van der Waals surface area contributed by atoms with E-state index >= 15 is 0 Å². The lowest BCUT2D eigenvalue weighted by Crippen LogP contribution is -2.48. The number of hydrogen-bond donors (Lipinski definition) is 6. The van der Waals surface area contributed by atoms with E-state index in [0.717, 1.165) is 6.42 Å². The zero-order chi connectivity index (χ0) is 19.9. The Kier molecular flexibility index (Phi) is 12.8. The maximum Gasteiger partial charge on any atom is 0.326 e. The molecule has 0 aliphatic rings. The van der Waals surface area contributed by atoms with Crippen molar-refractivity contribution in [2.24, 2.45) is 21.5 Å². The van der Waals surface area contributed by atoms with E-state index in [1.165, 1.54) is 0 Å². The van der Waals surface area contributed by atoms with Crippen molar-refractivity contribution in [2.45, 2.75) is 64.5 Å². The van der Waals surface area contributed by atoms with Crippen LogP contribution in [0.2, 0.25) is 0 Å². The molecular formula is C16H32N6O4. The molecule has 0 rings (SSSR count). The van der Waals surface area contributed by atoms with E-state index < -0.39 is 24.0 Å². The maximum atomic E-state index is 12.0. The second kappa shape index (κ2) is 14.0. The molecule has 26 heavy (non-hydrogen) atoms. The summed E-state index contributed by atoms with van der Waals surface area (Å²) >= 11 is 0. The number of nitrogens with two attached hydrogens (primary N) is 2. The highest BCUT2D eigenvalue weighted by molar-refractivity contribution is 5.86. The third-order valence-corrected chi connectivity index (χ3v) is 3.65. The molecule has 0 aromatic rings. The number of nitrogens with zero attached hydrogens (tertiary/aromatic N) is 2. The molecule has 8 N–H and O–H groups in total. The number of carboxylic acids is 1. The van der Waals surface area contributed by atoms with E-state index in [9.17, 15) is 14.7 Å². The minimum Gasteiger partial charge on any atom is -0.480 e. The summed E-state index contributed by atoms with van der Waals surface area (Å²) in [6.07, 6.45) is 3.44. The first kappa shape index (κ1) is 23.8. The van der Waals surface area contributed by atoms with Gasteiger partial charge in [-0.25, -0.2) is 4.79 Å². The Morgan fingerprint density at radius 1 is 1.04 bits per heavy atom. The van der Waals surface area contributed by atoms with Crippen LogP contribution in [0.1, 0.15) is 52.4 Å². The molecular weight excluding hydrogens is 340 g/mol. The Labute approximate surface area is 154 Å². The molecule has 0 radical (unpaired) electrons. The van der Waals surface area contributed by atoms with Gasteiger partial charge in [0.1, 0.15) is 11.9 Å². The average Bonchev–Trinajstić information content (AvgIpc) is 2.58. The molecule has 0 unspecified atom stereocenters. The number of aliphatic carboxylic acids is 1. The number of amidine groups is 2. The molecule has 10 nitrogen and oxygen atoms in total. The van der Waals surface area contributed by atoms with Crippen molar-refractivity contribution < 1.29 is 19.9 Å². The lowest BCUT2D eigenvalue weighted by molar-refractivity contribution is -0.142. The number of carbonyl (C=O) groups excluding carboxylic acids is 1. The summed E-state index contributed by atoms with van der Waals surface area (Å²) in [5.74, 6) is -0.638. The van der Waals surface area contributed by atoms with Gasteiger partial charge < -0.3 is 21.9 Å². The van der Waals surface area contributed by atoms with E-state index in [2.05, 4.69) is 15.3 Å². The molecule has 0 heterocycles. The molecule has 0 fully saturated rings. The van der Waals surface area contributed by atoms with E-state index in [0.29, 0.717) is 56.9 Å². The van der Waals surface area contributed by atoms with Gasteiger partial charge >= 0.3 is 5.97 Å². The fourth-order valence-corrected chi connectivity index (χ4v) is 2.14. The van der Waals surface area contributed by atoms with Crippen LogP contribution in [0, 0.1) is 0 Å². The van der Waals surface area contributed by atoms with E-state index in [4.69, 9.17) is 16.7 Å². The van der Waals surface area contributed by atoms with Crippen molar-refractivity contribution in [3.05, 3.63) is 0 Å². The number of hydroxylamine groups is 1. The minimum atomic E-state index is -1.09. The van der Waals surface area contributed by atoms with Gasteiger partial charge in [0.25, 0.3) is 0 Å². The molecule has 1 amide bonds. The van der Waals surface area contributed by atoms with Crippen LogP contribution >= 0.6 is 0 Å². The SMILES string of the molecule is CC(N)=NCCCC[C@H](N)C(=O)N[C@@H](CCCCN=C(C)NO)C(=O)O. The normalized spacial score (nSPS) is 14.6. The first-order chi connectivity index (χ1) is 12.3. The quantitative estimate of drug-likeness (QED) is 0.114. The number of carbonyl (C=O) groups is 2. The van der Waals surface area contributed by atoms with Crippen LogP contribution in [0.5, 0.6) is 0 Å². The molecule has 0 aromatic carbocycles. The third-order valence-electron chi connectivity index (χ3n) is 3.65. The van der Waals surface area contributed by atoms with Gasteiger partial charge in [0.2, 0.25) is 5.91 Å². The van der Waals surface area contributed by atoms with Crippen molar-refractivity contribution in [1.82, 2.24) is 10.8 Å². The van der Waals surface area contributed by atoms with Crippen LogP contribution in [0.3, 0.4) is 0 Å². The number of unbranched alkanes of at least 4 members (excludes halogenated alkanes) is 2. The molecule has 0 saturated carbocycles. The summed E-state index contributed by atoms with van der Waals surface area (Å²) in [4.78, 5) is 31.4. The monoisotopic (exact) mass is 372 g/mol. The maximum absolute atomic E-state index is 12.0. The van der Waals surface area contributed by atoms with Crippen LogP contribution in [0.4, 0.5) is 0 Å². The topological polar surface area (TPSA) is 175 Å². The largest absolute Gasteiger partial charge is 0.480 e. The van der Waals surface area contributed by atoms with E-state index in [1.54, 1.807) is 13.8 Å². The third kappa shape index (κ3) is 12.2. The lowest BCUT2D eigenvalue weighted by atomic mass is 10.1. The summed E-state index contributed by atoms with van der Waals surface area (Å²) in [6.45, 7) is 4.37. The highest BCUT2D eigenvalue weighted by Gasteiger charge is 2.22. The highest BCUT2D eigenvalue weighted by atomic mass is 16.5. The smallest absolute Gasteiger partial charge is 0.326 e. The van der Waals surface area contributed by atoms with Gasteiger partial charge in [0.05, 0.1) is 11.9 Å². The number of hydrogen-bond acceptors (Lipinski definition) is 6. The number of amides is 1. The summed E-state index contributed by atoms with van der Waals surface area (Å²) < 4.78 is 0. The summed E-state index contributed by atoms with van der Waals surface area (Å²) in [7, 11) is 0.